The molecule has 0 spiro atoms. The van der Waals surface area contributed by atoms with Crippen molar-refractivity contribution in [3.05, 3.63) is 29.1 Å². The Morgan fingerprint density at radius 2 is 1.85 bits per heavy atom. The van der Waals surface area contributed by atoms with Gasteiger partial charge in [0.25, 0.3) is 0 Å². The molecule has 0 bridgehead atoms. The van der Waals surface area contributed by atoms with Gasteiger partial charge in [0.15, 0.2) is 0 Å². The normalized spacial score (nSPS) is 12.9. The van der Waals surface area contributed by atoms with Crippen LogP contribution in [0.2, 0.25) is 0 Å². The van der Waals surface area contributed by atoms with Crippen molar-refractivity contribution >= 4 is 0 Å². The summed E-state index contributed by atoms with van der Waals surface area (Å²) in [5.74, 6) is 0. The molecule has 0 aliphatic heterocycles. The van der Waals surface area contributed by atoms with E-state index < -0.39 is 6.10 Å². The predicted octanol–water partition coefficient (Wildman–Crippen LogP) is 1.11. The van der Waals surface area contributed by atoms with Crippen LogP contribution in [-0.2, 0) is 0 Å². The molecule has 0 aliphatic carbocycles. The van der Waals surface area contributed by atoms with Crippen LogP contribution in [0.1, 0.15) is 29.5 Å². The van der Waals surface area contributed by atoms with Gasteiger partial charge >= 0.3 is 0 Å². The molecular formula is C10H15NO2. The first-order valence-corrected chi connectivity index (χ1v) is 4.37. The number of rotatable bonds is 3. The van der Waals surface area contributed by atoms with Crippen molar-refractivity contribution < 1.29 is 10.2 Å². The standard InChI is InChI=1S/C10H15NO2/c1-7-5-9(6-8(2)11-7)10(13)3-4-12/h5-6,10,12-13H,3-4H2,1-2H3. The second-order valence-electron chi connectivity index (χ2n) is 3.21. The minimum atomic E-state index is -0.578. The zero-order chi connectivity index (χ0) is 9.84. The Labute approximate surface area is 78.1 Å². The molecule has 72 valence electrons. The summed E-state index contributed by atoms with van der Waals surface area (Å²) < 4.78 is 0. The second kappa shape index (κ2) is 4.35. The number of nitrogens with zero attached hydrogens (tertiary/aromatic N) is 1. The van der Waals surface area contributed by atoms with Gasteiger partial charge in [0.1, 0.15) is 0 Å². The van der Waals surface area contributed by atoms with Crippen molar-refractivity contribution in [2.75, 3.05) is 6.61 Å². The molecule has 3 heteroatoms. The zero-order valence-corrected chi connectivity index (χ0v) is 7.99. The van der Waals surface area contributed by atoms with Crippen molar-refractivity contribution in [2.24, 2.45) is 0 Å². The third kappa shape index (κ3) is 2.79. The first kappa shape index (κ1) is 10.2. The van der Waals surface area contributed by atoms with Gasteiger partial charge in [0.05, 0.1) is 6.10 Å². The summed E-state index contributed by atoms with van der Waals surface area (Å²) in [6, 6.07) is 3.68. The Hall–Kier alpha value is -0.930. The van der Waals surface area contributed by atoms with Crippen LogP contribution in [0.3, 0.4) is 0 Å². The van der Waals surface area contributed by atoms with Crippen LogP contribution in [0, 0.1) is 13.8 Å². The molecule has 1 aromatic rings. The maximum atomic E-state index is 9.58. The molecule has 0 saturated heterocycles. The Morgan fingerprint density at radius 1 is 1.31 bits per heavy atom. The van der Waals surface area contributed by atoms with Crippen LogP contribution in [0.4, 0.5) is 0 Å². The quantitative estimate of drug-likeness (QED) is 0.734. The average molecular weight is 181 g/mol. The molecule has 3 nitrogen and oxygen atoms in total. The molecule has 0 aromatic carbocycles. The highest BCUT2D eigenvalue weighted by Crippen LogP contribution is 2.17. The molecule has 1 unspecified atom stereocenters. The van der Waals surface area contributed by atoms with E-state index in [1.165, 1.54) is 0 Å². The topological polar surface area (TPSA) is 53.4 Å². The van der Waals surface area contributed by atoms with Gasteiger partial charge in [0, 0.05) is 24.4 Å². The molecular weight excluding hydrogens is 166 g/mol. The lowest BCUT2D eigenvalue weighted by Gasteiger charge is -2.10. The third-order valence-corrected chi connectivity index (χ3v) is 1.89. The molecule has 1 aromatic heterocycles. The molecule has 1 heterocycles. The summed E-state index contributed by atoms with van der Waals surface area (Å²) in [6.07, 6.45) is -0.200. The first-order valence-electron chi connectivity index (χ1n) is 4.37. The Bertz CT molecular complexity index is 266. The summed E-state index contributed by atoms with van der Waals surface area (Å²) in [4.78, 5) is 4.20. The van der Waals surface area contributed by atoms with E-state index in [-0.39, 0.29) is 6.61 Å². The Balaban J connectivity index is 2.87. The van der Waals surface area contributed by atoms with Gasteiger partial charge in [-0.2, -0.15) is 0 Å². The third-order valence-electron chi connectivity index (χ3n) is 1.89. The first-order chi connectivity index (χ1) is 6.13. The fourth-order valence-corrected chi connectivity index (χ4v) is 1.35. The number of aromatic nitrogens is 1. The molecule has 13 heavy (non-hydrogen) atoms. The minimum absolute atomic E-state index is 0.00157. The van der Waals surface area contributed by atoms with Crippen LogP contribution >= 0.6 is 0 Å². The van der Waals surface area contributed by atoms with Crippen LogP contribution in [0.15, 0.2) is 12.1 Å². The zero-order valence-electron chi connectivity index (χ0n) is 7.99. The molecule has 0 fully saturated rings. The van der Waals surface area contributed by atoms with Gasteiger partial charge in [-0.25, -0.2) is 0 Å². The lowest BCUT2D eigenvalue weighted by Crippen LogP contribution is -2.02. The van der Waals surface area contributed by atoms with Crippen molar-refractivity contribution in [1.82, 2.24) is 4.98 Å². The predicted molar refractivity (Wildman–Crippen MR) is 50.4 cm³/mol. The van der Waals surface area contributed by atoms with Gasteiger partial charge in [-0.05, 0) is 31.5 Å². The summed E-state index contributed by atoms with van der Waals surface area (Å²) in [7, 11) is 0. The number of hydrogen-bond donors (Lipinski definition) is 2. The molecule has 1 rings (SSSR count). The van der Waals surface area contributed by atoms with E-state index >= 15 is 0 Å². The highest BCUT2D eigenvalue weighted by atomic mass is 16.3. The number of aliphatic hydroxyl groups excluding tert-OH is 2. The largest absolute Gasteiger partial charge is 0.396 e. The number of aliphatic hydroxyl groups is 2. The van der Waals surface area contributed by atoms with Crippen molar-refractivity contribution in [3.63, 3.8) is 0 Å². The minimum Gasteiger partial charge on any atom is -0.396 e. The highest BCUT2D eigenvalue weighted by molar-refractivity contribution is 5.22. The maximum Gasteiger partial charge on any atom is 0.0813 e. The Morgan fingerprint density at radius 3 is 2.31 bits per heavy atom. The smallest absolute Gasteiger partial charge is 0.0813 e. The summed E-state index contributed by atoms with van der Waals surface area (Å²) in [6.45, 7) is 3.78. The van der Waals surface area contributed by atoms with Gasteiger partial charge < -0.3 is 10.2 Å². The lowest BCUT2D eigenvalue weighted by atomic mass is 10.1. The fourth-order valence-electron chi connectivity index (χ4n) is 1.35. The van der Waals surface area contributed by atoms with Crippen molar-refractivity contribution in [1.29, 1.82) is 0 Å². The molecule has 0 amide bonds. The van der Waals surface area contributed by atoms with Crippen LogP contribution in [-0.4, -0.2) is 21.8 Å². The van der Waals surface area contributed by atoms with Crippen LogP contribution in [0.5, 0.6) is 0 Å². The van der Waals surface area contributed by atoms with Crippen molar-refractivity contribution in [2.45, 2.75) is 26.4 Å². The monoisotopic (exact) mass is 181 g/mol. The summed E-state index contributed by atoms with van der Waals surface area (Å²) in [5.41, 5.74) is 2.62. The SMILES string of the molecule is Cc1cc(C(O)CCO)cc(C)n1. The molecule has 2 N–H and O–H groups in total. The van der Waals surface area contributed by atoms with Crippen molar-refractivity contribution in [3.8, 4) is 0 Å². The Kier molecular flexibility index (Phi) is 3.39. The number of hydrogen-bond acceptors (Lipinski definition) is 3. The van der Waals surface area contributed by atoms with E-state index in [0.717, 1.165) is 17.0 Å². The number of aryl methyl sites for hydroxylation is 2. The van der Waals surface area contributed by atoms with E-state index in [1.54, 1.807) is 0 Å². The number of pyridine rings is 1. The van der Waals surface area contributed by atoms with E-state index in [1.807, 2.05) is 26.0 Å². The molecule has 0 aliphatic rings. The fraction of sp³-hybridized carbons (Fsp3) is 0.500. The van der Waals surface area contributed by atoms with Gasteiger partial charge in [-0.3, -0.25) is 4.98 Å². The summed E-state index contributed by atoms with van der Waals surface area (Å²) in [5, 5.41) is 18.2. The van der Waals surface area contributed by atoms with Crippen LogP contribution in [0.25, 0.3) is 0 Å². The second-order valence-corrected chi connectivity index (χ2v) is 3.21. The van der Waals surface area contributed by atoms with Gasteiger partial charge in [-0.15, -0.1) is 0 Å². The maximum absolute atomic E-state index is 9.58. The van der Waals surface area contributed by atoms with Gasteiger partial charge in [-0.1, -0.05) is 0 Å². The molecule has 0 saturated carbocycles. The van der Waals surface area contributed by atoms with Gasteiger partial charge in [0.2, 0.25) is 0 Å². The lowest BCUT2D eigenvalue weighted by molar-refractivity contribution is 0.134. The average Bonchev–Trinajstić information content (AvgIpc) is 2.03. The van der Waals surface area contributed by atoms with E-state index in [4.69, 9.17) is 5.11 Å². The van der Waals surface area contributed by atoms with E-state index in [2.05, 4.69) is 4.98 Å². The van der Waals surface area contributed by atoms with Crippen LogP contribution < -0.4 is 0 Å². The van der Waals surface area contributed by atoms with E-state index in [0.29, 0.717) is 6.42 Å². The van der Waals surface area contributed by atoms with E-state index in [9.17, 15) is 5.11 Å². The molecule has 1 atom stereocenters. The highest BCUT2D eigenvalue weighted by Gasteiger charge is 2.07. The molecule has 0 radical (unpaired) electrons. The summed E-state index contributed by atoms with van der Waals surface area (Å²) >= 11 is 0.